The Hall–Kier alpha value is -1.39. The van der Waals surface area contributed by atoms with Gasteiger partial charge in [0.2, 0.25) is 0 Å². The lowest BCUT2D eigenvalue weighted by molar-refractivity contribution is -0.152. The Balaban J connectivity index is 1.88. The molecule has 1 aliphatic rings. The number of methoxy groups -OCH3 is 1. The number of benzene rings is 1. The maximum atomic E-state index is 12.2. The molecule has 0 atom stereocenters. The first kappa shape index (κ1) is 17.0. The monoisotopic (exact) mass is 305 g/mol. The highest BCUT2D eigenvalue weighted by molar-refractivity contribution is 5.81. The highest BCUT2D eigenvalue weighted by Crippen LogP contribution is 2.32. The summed E-state index contributed by atoms with van der Waals surface area (Å²) >= 11 is 0. The van der Waals surface area contributed by atoms with Crippen molar-refractivity contribution >= 4 is 5.97 Å². The molecule has 1 N–H and O–H groups in total. The molecule has 0 heterocycles. The van der Waals surface area contributed by atoms with Crippen LogP contribution in [0.3, 0.4) is 0 Å². The second kappa shape index (κ2) is 7.75. The summed E-state index contributed by atoms with van der Waals surface area (Å²) in [5.41, 5.74) is 0.641. The Bertz CT molecular complexity index is 464. The van der Waals surface area contributed by atoms with Crippen molar-refractivity contribution in [2.75, 3.05) is 7.11 Å². The first-order valence-corrected chi connectivity index (χ1v) is 8.07. The number of hydrogen-bond acceptors (Lipinski definition) is 4. The second-order valence-electron chi connectivity index (χ2n) is 6.37. The Kier molecular flexibility index (Phi) is 5.98. The minimum Gasteiger partial charge on any atom is -0.468 e. The van der Waals surface area contributed by atoms with Gasteiger partial charge in [0.25, 0.3) is 0 Å². The zero-order chi connectivity index (χ0) is 16.0. The van der Waals surface area contributed by atoms with Gasteiger partial charge in [-0.3, -0.25) is 10.1 Å². The van der Waals surface area contributed by atoms with Gasteiger partial charge >= 0.3 is 5.97 Å². The van der Waals surface area contributed by atoms with Crippen molar-refractivity contribution in [3.05, 3.63) is 35.9 Å². The fraction of sp³-hybridized carbons (Fsp3) is 0.611. The van der Waals surface area contributed by atoms with Crippen LogP contribution in [0.5, 0.6) is 0 Å². The molecule has 0 unspecified atom stereocenters. The summed E-state index contributed by atoms with van der Waals surface area (Å²) in [6.45, 7) is 4.75. The number of esters is 1. The van der Waals surface area contributed by atoms with Gasteiger partial charge in [-0.2, -0.15) is 0 Å². The zero-order valence-electron chi connectivity index (χ0n) is 13.8. The van der Waals surface area contributed by atoms with Crippen LogP contribution in [-0.2, 0) is 20.9 Å². The van der Waals surface area contributed by atoms with E-state index in [-0.39, 0.29) is 18.1 Å². The fourth-order valence-corrected chi connectivity index (χ4v) is 3.19. The molecule has 0 aliphatic heterocycles. The van der Waals surface area contributed by atoms with Gasteiger partial charge in [-0.1, -0.05) is 30.3 Å². The summed E-state index contributed by atoms with van der Waals surface area (Å²) in [6, 6.07) is 10.4. The lowest BCUT2D eigenvalue weighted by Crippen LogP contribution is -2.57. The van der Waals surface area contributed by atoms with Crippen LogP contribution >= 0.6 is 0 Å². The SMILES string of the molecule is COC(=O)C1(NC(C)C)CCC(OCc2ccccc2)CC1. The summed E-state index contributed by atoms with van der Waals surface area (Å²) in [6.07, 6.45) is 3.49. The van der Waals surface area contributed by atoms with E-state index in [2.05, 4.69) is 31.3 Å². The third-order valence-corrected chi connectivity index (χ3v) is 4.26. The lowest BCUT2D eigenvalue weighted by atomic mass is 9.79. The third-order valence-electron chi connectivity index (χ3n) is 4.26. The number of ether oxygens (including phenoxy) is 2. The minimum absolute atomic E-state index is 0.150. The van der Waals surface area contributed by atoms with E-state index in [1.807, 2.05) is 18.2 Å². The quantitative estimate of drug-likeness (QED) is 0.821. The van der Waals surface area contributed by atoms with Gasteiger partial charge in [0.05, 0.1) is 19.8 Å². The molecule has 0 amide bonds. The van der Waals surface area contributed by atoms with E-state index in [0.29, 0.717) is 6.61 Å². The first-order valence-electron chi connectivity index (χ1n) is 8.07. The molecule has 0 radical (unpaired) electrons. The molecule has 22 heavy (non-hydrogen) atoms. The van der Waals surface area contributed by atoms with Crippen LogP contribution in [0.2, 0.25) is 0 Å². The Morgan fingerprint density at radius 2 is 1.91 bits per heavy atom. The number of carbonyl (C=O) groups excluding carboxylic acids is 1. The second-order valence-corrected chi connectivity index (χ2v) is 6.37. The summed E-state index contributed by atoms with van der Waals surface area (Å²) in [7, 11) is 1.46. The van der Waals surface area contributed by atoms with Gasteiger partial charge in [0.1, 0.15) is 5.54 Å². The van der Waals surface area contributed by atoms with Crippen molar-refractivity contribution in [2.45, 2.75) is 63.8 Å². The van der Waals surface area contributed by atoms with E-state index in [1.165, 1.54) is 12.7 Å². The van der Waals surface area contributed by atoms with E-state index in [9.17, 15) is 4.79 Å². The highest BCUT2D eigenvalue weighted by Gasteiger charge is 2.43. The normalized spacial score (nSPS) is 25.2. The Labute approximate surface area is 133 Å². The zero-order valence-corrected chi connectivity index (χ0v) is 13.8. The molecule has 1 saturated carbocycles. The molecule has 1 aromatic carbocycles. The fourth-order valence-electron chi connectivity index (χ4n) is 3.19. The molecular weight excluding hydrogens is 278 g/mol. The van der Waals surface area contributed by atoms with E-state index in [0.717, 1.165) is 25.7 Å². The molecule has 0 spiro atoms. The van der Waals surface area contributed by atoms with Gasteiger partial charge in [-0.15, -0.1) is 0 Å². The molecule has 122 valence electrons. The van der Waals surface area contributed by atoms with Crippen LogP contribution in [-0.4, -0.2) is 30.8 Å². The van der Waals surface area contributed by atoms with Crippen LogP contribution in [0.15, 0.2) is 30.3 Å². The minimum atomic E-state index is -0.546. The molecule has 2 rings (SSSR count). The van der Waals surface area contributed by atoms with Crippen molar-refractivity contribution in [2.24, 2.45) is 0 Å². The van der Waals surface area contributed by atoms with Crippen molar-refractivity contribution < 1.29 is 14.3 Å². The molecule has 0 aromatic heterocycles. The maximum absolute atomic E-state index is 12.2. The predicted molar refractivity (Wildman–Crippen MR) is 86.5 cm³/mol. The molecule has 1 aromatic rings. The topological polar surface area (TPSA) is 47.6 Å². The van der Waals surface area contributed by atoms with Gasteiger partial charge in [-0.25, -0.2) is 0 Å². The van der Waals surface area contributed by atoms with Gasteiger partial charge in [0.15, 0.2) is 0 Å². The largest absolute Gasteiger partial charge is 0.468 e. The molecule has 1 aliphatic carbocycles. The first-order chi connectivity index (χ1) is 10.6. The number of nitrogens with one attached hydrogen (secondary N) is 1. The third kappa shape index (κ3) is 4.31. The molecule has 4 heteroatoms. The van der Waals surface area contributed by atoms with Crippen LogP contribution in [0.25, 0.3) is 0 Å². The van der Waals surface area contributed by atoms with Crippen molar-refractivity contribution in [3.8, 4) is 0 Å². The molecule has 1 fully saturated rings. The number of rotatable bonds is 6. The molecular formula is C18H27NO3. The van der Waals surface area contributed by atoms with Crippen LogP contribution < -0.4 is 5.32 Å². The van der Waals surface area contributed by atoms with Gasteiger partial charge in [0, 0.05) is 6.04 Å². The van der Waals surface area contributed by atoms with Crippen LogP contribution in [0.4, 0.5) is 0 Å². The van der Waals surface area contributed by atoms with E-state index < -0.39 is 5.54 Å². The maximum Gasteiger partial charge on any atom is 0.326 e. The molecule has 4 nitrogen and oxygen atoms in total. The Morgan fingerprint density at radius 1 is 1.27 bits per heavy atom. The average molecular weight is 305 g/mol. The summed E-state index contributed by atoms with van der Waals surface area (Å²) in [4.78, 5) is 12.2. The van der Waals surface area contributed by atoms with Crippen molar-refractivity contribution in [3.63, 3.8) is 0 Å². The summed E-state index contributed by atoms with van der Waals surface area (Å²) in [5, 5.41) is 3.41. The summed E-state index contributed by atoms with van der Waals surface area (Å²) in [5.74, 6) is -0.150. The molecule has 0 saturated heterocycles. The Morgan fingerprint density at radius 3 is 2.45 bits per heavy atom. The molecule has 0 bridgehead atoms. The summed E-state index contributed by atoms with van der Waals surface area (Å²) < 4.78 is 11.0. The average Bonchev–Trinajstić information content (AvgIpc) is 2.54. The van der Waals surface area contributed by atoms with E-state index in [1.54, 1.807) is 0 Å². The predicted octanol–water partition coefficient (Wildman–Crippen LogP) is 3.06. The van der Waals surface area contributed by atoms with Crippen molar-refractivity contribution in [1.82, 2.24) is 5.32 Å². The van der Waals surface area contributed by atoms with Crippen molar-refractivity contribution in [1.29, 1.82) is 0 Å². The highest BCUT2D eigenvalue weighted by atomic mass is 16.5. The standard InChI is InChI=1S/C18H27NO3/c1-14(2)19-18(17(20)21-3)11-9-16(10-12-18)22-13-15-7-5-4-6-8-15/h4-8,14,16,19H,9-13H2,1-3H3. The van der Waals surface area contributed by atoms with E-state index in [4.69, 9.17) is 9.47 Å². The number of hydrogen-bond donors (Lipinski definition) is 1. The van der Waals surface area contributed by atoms with Crippen LogP contribution in [0.1, 0.15) is 45.1 Å². The van der Waals surface area contributed by atoms with Crippen LogP contribution in [0, 0.1) is 0 Å². The van der Waals surface area contributed by atoms with E-state index >= 15 is 0 Å². The van der Waals surface area contributed by atoms with Gasteiger partial charge in [-0.05, 0) is 45.1 Å². The lowest BCUT2D eigenvalue weighted by Gasteiger charge is -2.39. The smallest absolute Gasteiger partial charge is 0.326 e. The van der Waals surface area contributed by atoms with Gasteiger partial charge < -0.3 is 9.47 Å². The number of carbonyl (C=O) groups is 1.